The summed E-state index contributed by atoms with van der Waals surface area (Å²) in [6.07, 6.45) is 0.725. The van der Waals surface area contributed by atoms with Crippen LogP contribution in [0.25, 0.3) is 10.9 Å². The minimum Gasteiger partial charge on any atom is -0.461 e. The van der Waals surface area contributed by atoms with Crippen molar-refractivity contribution < 1.29 is 14.5 Å². The Labute approximate surface area is 136 Å². The predicted molar refractivity (Wildman–Crippen MR) is 87.2 cm³/mol. The van der Waals surface area contributed by atoms with Gasteiger partial charge in [-0.15, -0.1) is 0 Å². The van der Waals surface area contributed by atoms with Crippen molar-refractivity contribution in [1.29, 1.82) is 0 Å². The number of nitro benzene ring substituents is 1. The van der Waals surface area contributed by atoms with Crippen molar-refractivity contribution in [2.75, 3.05) is 6.61 Å². The standard InChI is InChI=1S/C15H17BrN2O4/c1-4-22-15(19)14-12(16)10-6-9(5-8(2)3)7-11(18(20)21)13(10)17-14/h6-8,17H,4-5H2,1-3H3. The van der Waals surface area contributed by atoms with Gasteiger partial charge in [0.1, 0.15) is 11.2 Å². The number of ether oxygens (including phenoxy) is 1. The molecular weight excluding hydrogens is 352 g/mol. The van der Waals surface area contributed by atoms with Crippen LogP contribution in [0.2, 0.25) is 0 Å². The fraction of sp³-hybridized carbons (Fsp3) is 0.400. The van der Waals surface area contributed by atoms with E-state index in [9.17, 15) is 14.9 Å². The molecule has 0 bridgehead atoms. The third kappa shape index (κ3) is 3.14. The van der Waals surface area contributed by atoms with Crippen LogP contribution < -0.4 is 0 Å². The first kappa shape index (κ1) is 16.5. The van der Waals surface area contributed by atoms with Gasteiger partial charge in [0.15, 0.2) is 0 Å². The fourth-order valence-corrected chi connectivity index (χ4v) is 2.95. The number of halogens is 1. The van der Waals surface area contributed by atoms with Crippen molar-refractivity contribution in [3.05, 3.63) is 38.0 Å². The van der Waals surface area contributed by atoms with E-state index in [-0.39, 0.29) is 18.0 Å². The molecule has 1 aromatic heterocycles. The third-order valence-electron chi connectivity index (χ3n) is 3.20. The molecule has 6 nitrogen and oxygen atoms in total. The number of fused-ring (bicyclic) bond motifs is 1. The summed E-state index contributed by atoms with van der Waals surface area (Å²) in [4.78, 5) is 25.6. The molecule has 2 rings (SSSR count). The van der Waals surface area contributed by atoms with Gasteiger partial charge in [-0.05, 0) is 46.8 Å². The highest BCUT2D eigenvalue weighted by molar-refractivity contribution is 9.10. The van der Waals surface area contributed by atoms with E-state index in [0.717, 1.165) is 12.0 Å². The molecule has 118 valence electrons. The number of benzene rings is 1. The third-order valence-corrected chi connectivity index (χ3v) is 4.03. The second-order valence-corrected chi connectivity index (χ2v) is 6.22. The molecule has 0 radical (unpaired) electrons. The van der Waals surface area contributed by atoms with Crippen LogP contribution in [-0.4, -0.2) is 22.5 Å². The highest BCUT2D eigenvalue weighted by Gasteiger charge is 2.23. The van der Waals surface area contributed by atoms with E-state index in [4.69, 9.17) is 4.74 Å². The molecule has 1 N–H and O–H groups in total. The Morgan fingerprint density at radius 2 is 2.14 bits per heavy atom. The SMILES string of the molecule is CCOC(=O)c1[nH]c2c([N+](=O)[O-])cc(CC(C)C)cc2c1Br. The van der Waals surface area contributed by atoms with Crippen molar-refractivity contribution in [3.63, 3.8) is 0 Å². The minimum absolute atomic E-state index is 0.0376. The molecule has 0 saturated heterocycles. The number of H-pyrrole nitrogens is 1. The van der Waals surface area contributed by atoms with E-state index in [2.05, 4.69) is 20.9 Å². The first-order chi connectivity index (χ1) is 10.3. The van der Waals surface area contributed by atoms with Crippen molar-refractivity contribution in [2.24, 2.45) is 5.92 Å². The zero-order chi connectivity index (χ0) is 16.4. The van der Waals surface area contributed by atoms with Gasteiger partial charge in [-0.3, -0.25) is 10.1 Å². The molecule has 1 aromatic carbocycles. The van der Waals surface area contributed by atoms with E-state index in [1.165, 1.54) is 0 Å². The van der Waals surface area contributed by atoms with Crippen molar-refractivity contribution in [2.45, 2.75) is 27.2 Å². The summed E-state index contributed by atoms with van der Waals surface area (Å²) in [5.41, 5.74) is 1.35. The van der Waals surface area contributed by atoms with Gasteiger partial charge >= 0.3 is 5.97 Å². The minimum atomic E-state index is -0.537. The molecule has 1 heterocycles. The second-order valence-electron chi connectivity index (χ2n) is 5.43. The van der Waals surface area contributed by atoms with E-state index in [1.54, 1.807) is 13.0 Å². The average Bonchev–Trinajstić information content (AvgIpc) is 2.75. The first-order valence-electron chi connectivity index (χ1n) is 7.00. The number of rotatable bonds is 5. The Hall–Kier alpha value is -1.89. The Morgan fingerprint density at radius 3 is 2.68 bits per heavy atom. The van der Waals surface area contributed by atoms with Crippen molar-refractivity contribution in [1.82, 2.24) is 4.98 Å². The topological polar surface area (TPSA) is 85.2 Å². The lowest BCUT2D eigenvalue weighted by Crippen LogP contribution is -2.05. The summed E-state index contributed by atoms with van der Waals surface area (Å²) in [5, 5.41) is 11.9. The van der Waals surface area contributed by atoms with Crippen LogP contribution >= 0.6 is 15.9 Å². The van der Waals surface area contributed by atoms with Gasteiger partial charge in [0.05, 0.1) is 16.0 Å². The van der Waals surface area contributed by atoms with Crippen LogP contribution in [-0.2, 0) is 11.2 Å². The van der Waals surface area contributed by atoms with Crippen LogP contribution in [0.1, 0.15) is 36.8 Å². The Balaban J connectivity index is 2.66. The zero-order valence-electron chi connectivity index (χ0n) is 12.6. The number of nitrogens with zero attached hydrogens (tertiary/aromatic N) is 1. The molecule has 0 aliphatic heterocycles. The highest BCUT2D eigenvalue weighted by Crippen LogP contribution is 2.35. The molecule has 0 aliphatic rings. The summed E-state index contributed by atoms with van der Waals surface area (Å²) >= 11 is 3.35. The Kier molecular flexibility index (Phi) is 4.85. The van der Waals surface area contributed by atoms with Crippen LogP contribution in [0.5, 0.6) is 0 Å². The van der Waals surface area contributed by atoms with Crippen molar-refractivity contribution in [3.8, 4) is 0 Å². The number of carbonyl (C=O) groups excluding carboxylic acids is 1. The van der Waals surface area contributed by atoms with E-state index < -0.39 is 10.9 Å². The predicted octanol–water partition coefficient (Wildman–Crippen LogP) is 4.21. The monoisotopic (exact) mass is 368 g/mol. The molecule has 7 heteroatoms. The number of esters is 1. The van der Waals surface area contributed by atoms with Gasteiger partial charge in [0.2, 0.25) is 0 Å². The van der Waals surface area contributed by atoms with Crippen LogP contribution in [0.15, 0.2) is 16.6 Å². The van der Waals surface area contributed by atoms with E-state index in [1.807, 2.05) is 19.9 Å². The number of nitrogens with one attached hydrogen (secondary N) is 1. The summed E-state index contributed by atoms with van der Waals surface area (Å²) in [7, 11) is 0. The summed E-state index contributed by atoms with van der Waals surface area (Å²) in [5.74, 6) is -0.162. The molecule has 0 atom stereocenters. The second kappa shape index (κ2) is 6.48. The average molecular weight is 369 g/mol. The van der Waals surface area contributed by atoms with Gasteiger partial charge < -0.3 is 9.72 Å². The lowest BCUT2D eigenvalue weighted by molar-refractivity contribution is -0.383. The maximum Gasteiger partial charge on any atom is 0.355 e. The van der Waals surface area contributed by atoms with Gasteiger partial charge in [-0.25, -0.2) is 4.79 Å². The highest BCUT2D eigenvalue weighted by atomic mass is 79.9. The number of aromatic nitrogens is 1. The van der Waals surface area contributed by atoms with Gasteiger partial charge in [-0.1, -0.05) is 13.8 Å². The maximum atomic E-state index is 11.9. The number of aromatic amines is 1. The Bertz CT molecular complexity index is 737. The molecule has 2 aromatic rings. The van der Waals surface area contributed by atoms with Gasteiger partial charge in [0, 0.05) is 11.5 Å². The molecule has 0 spiro atoms. The summed E-state index contributed by atoms with van der Waals surface area (Å²) in [6.45, 7) is 6.04. The lowest BCUT2D eigenvalue weighted by atomic mass is 10.0. The van der Waals surface area contributed by atoms with Crippen LogP contribution in [0, 0.1) is 16.0 Å². The number of carbonyl (C=O) groups is 1. The molecule has 22 heavy (non-hydrogen) atoms. The van der Waals surface area contributed by atoms with Crippen LogP contribution in [0.3, 0.4) is 0 Å². The number of hydrogen-bond donors (Lipinski definition) is 1. The quantitative estimate of drug-likeness (QED) is 0.486. The van der Waals surface area contributed by atoms with E-state index >= 15 is 0 Å². The first-order valence-corrected chi connectivity index (χ1v) is 7.80. The molecular formula is C15H17BrN2O4. The van der Waals surface area contributed by atoms with Crippen LogP contribution in [0.4, 0.5) is 5.69 Å². The largest absolute Gasteiger partial charge is 0.461 e. The zero-order valence-corrected chi connectivity index (χ0v) is 14.2. The van der Waals surface area contributed by atoms with Gasteiger partial charge in [0.25, 0.3) is 5.69 Å². The molecule has 0 aliphatic carbocycles. The molecule has 0 saturated carbocycles. The van der Waals surface area contributed by atoms with E-state index in [0.29, 0.717) is 21.3 Å². The number of hydrogen-bond acceptors (Lipinski definition) is 4. The van der Waals surface area contributed by atoms with Crippen molar-refractivity contribution >= 4 is 38.5 Å². The Morgan fingerprint density at radius 1 is 1.45 bits per heavy atom. The van der Waals surface area contributed by atoms with Gasteiger partial charge in [-0.2, -0.15) is 0 Å². The smallest absolute Gasteiger partial charge is 0.355 e. The fourth-order valence-electron chi connectivity index (χ4n) is 2.38. The lowest BCUT2D eigenvalue weighted by Gasteiger charge is -2.05. The normalized spacial score (nSPS) is 11.1. The summed E-state index contributed by atoms with van der Waals surface area (Å²) < 4.78 is 5.46. The molecule has 0 fully saturated rings. The summed E-state index contributed by atoms with van der Waals surface area (Å²) in [6, 6.07) is 3.42. The maximum absolute atomic E-state index is 11.9. The molecule has 0 unspecified atom stereocenters. The number of nitro groups is 1. The number of non-ortho nitro benzene ring substituents is 1. The molecule has 0 amide bonds.